The fraction of sp³-hybridized carbons (Fsp3) is 1.00. The summed E-state index contributed by atoms with van der Waals surface area (Å²) in [5, 5.41) is 0. The Kier molecular flexibility index (Phi) is 3.18. The third-order valence-electron chi connectivity index (χ3n) is 1.40. The molecule has 0 radical (unpaired) electrons. The Morgan fingerprint density at radius 2 is 2.00 bits per heavy atom. The molecule has 0 unspecified atom stereocenters. The summed E-state index contributed by atoms with van der Waals surface area (Å²) in [7, 11) is -1.09. The Morgan fingerprint density at radius 1 is 1.57 bits per heavy atom. The number of rotatable bonds is 2. The van der Waals surface area contributed by atoms with Gasteiger partial charge < -0.3 is 3.48 Å². The molecule has 0 atom stereocenters. The molecule has 0 aromatic heterocycles. The molecule has 0 aromatic carbocycles. The highest BCUT2D eigenvalue weighted by molar-refractivity contribution is 6.73. The monoisotopic (exact) mass is 132 g/mol. The van der Waals surface area contributed by atoms with E-state index in [0.717, 1.165) is 16.6 Å². The molecular formula is C4H13AlOSi. The van der Waals surface area contributed by atoms with Crippen molar-refractivity contribution < 1.29 is 3.48 Å². The summed E-state index contributed by atoms with van der Waals surface area (Å²) in [6.45, 7) is 6.70. The van der Waals surface area contributed by atoms with Crippen molar-refractivity contribution in [3.8, 4) is 0 Å². The van der Waals surface area contributed by atoms with Crippen LogP contribution in [0, 0.1) is 0 Å². The van der Waals surface area contributed by atoms with Crippen molar-refractivity contribution in [3.05, 3.63) is 0 Å². The normalized spacial score (nSPS) is 11.9. The zero-order chi connectivity index (χ0) is 5.91. The van der Waals surface area contributed by atoms with Crippen molar-refractivity contribution in [1.82, 2.24) is 0 Å². The second kappa shape index (κ2) is 2.88. The fourth-order valence-corrected chi connectivity index (χ4v) is 1.30. The smallest absolute Gasteiger partial charge is 0.399 e. The topological polar surface area (TPSA) is 9.23 Å². The van der Waals surface area contributed by atoms with Crippen LogP contribution in [0.1, 0.15) is 6.92 Å². The summed E-state index contributed by atoms with van der Waals surface area (Å²) in [5.74, 6) is 0. The standard InChI is InChI=1S/C4H11OSi.Al.2H/c1-4-6(2,3)5;;;/h4H2,1-3H3;;;/q-1;+1;;. The second-order valence-electron chi connectivity index (χ2n) is 2.32. The van der Waals surface area contributed by atoms with Gasteiger partial charge in [-0.3, -0.25) is 0 Å². The van der Waals surface area contributed by atoms with Crippen molar-refractivity contribution in [1.29, 1.82) is 0 Å². The first-order valence-electron chi connectivity index (χ1n) is 2.67. The molecule has 0 fully saturated rings. The van der Waals surface area contributed by atoms with Gasteiger partial charge in [0.25, 0.3) is 0 Å². The lowest BCUT2D eigenvalue weighted by Crippen LogP contribution is -2.27. The van der Waals surface area contributed by atoms with Crippen LogP contribution in [0.2, 0.25) is 19.1 Å². The molecule has 0 rings (SSSR count). The number of hydrogen-bond donors (Lipinski definition) is 0. The van der Waals surface area contributed by atoms with E-state index >= 15 is 0 Å². The predicted octanol–water partition coefficient (Wildman–Crippen LogP) is 0.776. The van der Waals surface area contributed by atoms with E-state index in [-0.39, 0.29) is 0 Å². The average molecular weight is 132 g/mol. The van der Waals surface area contributed by atoms with Gasteiger partial charge in [0.15, 0.2) is 8.32 Å². The zero-order valence-corrected chi connectivity index (χ0v) is 8.62. The van der Waals surface area contributed by atoms with Crippen LogP contribution >= 0.6 is 0 Å². The van der Waals surface area contributed by atoms with Crippen LogP contribution in [0.5, 0.6) is 0 Å². The van der Waals surface area contributed by atoms with Gasteiger partial charge in [-0.05, 0) is 19.1 Å². The average Bonchev–Trinajstić information content (AvgIpc) is 1.68. The molecule has 0 bridgehead atoms. The van der Waals surface area contributed by atoms with Crippen LogP contribution < -0.4 is 0 Å². The Morgan fingerprint density at radius 3 is 2.00 bits per heavy atom. The number of hydrogen-bond acceptors (Lipinski definition) is 1. The summed E-state index contributed by atoms with van der Waals surface area (Å²) >= 11 is 0.919. The summed E-state index contributed by atoms with van der Waals surface area (Å²) in [5.41, 5.74) is 0. The lowest BCUT2D eigenvalue weighted by molar-refractivity contribution is 0.609. The molecule has 0 N–H and O–H groups in total. The van der Waals surface area contributed by atoms with Gasteiger partial charge in [-0.15, -0.1) is 0 Å². The molecule has 0 spiro atoms. The van der Waals surface area contributed by atoms with Gasteiger partial charge >= 0.3 is 16.6 Å². The molecule has 42 valence electrons. The Bertz CT molecular complexity index is 49.7. The maximum atomic E-state index is 5.36. The maximum absolute atomic E-state index is 5.36. The molecule has 0 saturated carbocycles. The minimum Gasteiger partial charge on any atom is -0.551 e. The summed E-state index contributed by atoms with van der Waals surface area (Å²) in [6.07, 6.45) is 0. The van der Waals surface area contributed by atoms with Crippen LogP contribution in [0.25, 0.3) is 0 Å². The Hall–Kier alpha value is 0.709. The van der Waals surface area contributed by atoms with E-state index in [1.807, 2.05) is 0 Å². The largest absolute Gasteiger partial charge is 0.551 e. The van der Waals surface area contributed by atoms with Crippen molar-refractivity contribution >= 4 is 24.9 Å². The van der Waals surface area contributed by atoms with Gasteiger partial charge in [-0.25, -0.2) is 0 Å². The predicted molar refractivity (Wildman–Crippen MR) is 37.6 cm³/mol. The first-order chi connectivity index (χ1) is 3.12. The molecule has 0 aromatic rings. The Balaban J connectivity index is 3.36. The third kappa shape index (κ3) is 3.31. The van der Waals surface area contributed by atoms with E-state index in [1.165, 1.54) is 6.04 Å². The first-order valence-corrected chi connectivity index (χ1v) is 6.60. The lowest BCUT2D eigenvalue weighted by Gasteiger charge is -2.18. The van der Waals surface area contributed by atoms with E-state index in [2.05, 4.69) is 20.0 Å². The minimum atomic E-state index is -1.09. The fourth-order valence-electron chi connectivity index (χ4n) is 0.144. The maximum Gasteiger partial charge on any atom is 0.399 e. The summed E-state index contributed by atoms with van der Waals surface area (Å²) in [4.78, 5) is 0. The highest BCUT2D eigenvalue weighted by Crippen LogP contribution is 2.06. The molecular weight excluding hydrogens is 119 g/mol. The summed E-state index contributed by atoms with van der Waals surface area (Å²) < 4.78 is 5.36. The van der Waals surface area contributed by atoms with E-state index in [0.29, 0.717) is 0 Å². The lowest BCUT2D eigenvalue weighted by atomic mass is 11.0. The van der Waals surface area contributed by atoms with Crippen molar-refractivity contribution in [3.63, 3.8) is 0 Å². The zero-order valence-electron chi connectivity index (χ0n) is 5.62. The molecule has 0 amide bonds. The molecule has 0 saturated heterocycles. The van der Waals surface area contributed by atoms with Crippen LogP contribution in [0.15, 0.2) is 0 Å². The van der Waals surface area contributed by atoms with E-state index in [9.17, 15) is 0 Å². The van der Waals surface area contributed by atoms with Crippen molar-refractivity contribution in [2.45, 2.75) is 26.1 Å². The van der Waals surface area contributed by atoms with Crippen molar-refractivity contribution in [2.75, 3.05) is 0 Å². The minimum absolute atomic E-state index is 0.919. The van der Waals surface area contributed by atoms with Gasteiger partial charge in [0, 0.05) is 0 Å². The van der Waals surface area contributed by atoms with E-state index in [1.54, 1.807) is 0 Å². The molecule has 7 heavy (non-hydrogen) atoms. The van der Waals surface area contributed by atoms with Gasteiger partial charge in [0.2, 0.25) is 0 Å². The molecule has 0 aliphatic heterocycles. The summed E-state index contributed by atoms with van der Waals surface area (Å²) in [6, 6.07) is 1.25. The van der Waals surface area contributed by atoms with Gasteiger partial charge in [0.1, 0.15) is 0 Å². The van der Waals surface area contributed by atoms with Gasteiger partial charge in [0.05, 0.1) is 0 Å². The Labute approximate surface area is 55.0 Å². The SMILES string of the molecule is CC[Si](C)(C)[O][AlH2]. The third-order valence-corrected chi connectivity index (χ3v) is 7.53. The van der Waals surface area contributed by atoms with Crippen molar-refractivity contribution in [2.24, 2.45) is 0 Å². The molecule has 0 aliphatic rings. The molecule has 0 aliphatic carbocycles. The highest BCUT2D eigenvalue weighted by atomic mass is 28.4. The molecule has 0 heterocycles. The van der Waals surface area contributed by atoms with Crippen LogP contribution in [0.3, 0.4) is 0 Å². The van der Waals surface area contributed by atoms with Crippen LogP contribution in [-0.4, -0.2) is 24.9 Å². The molecule has 1 nitrogen and oxygen atoms in total. The molecule has 3 heteroatoms. The van der Waals surface area contributed by atoms with Gasteiger partial charge in [-0.1, -0.05) is 6.92 Å². The van der Waals surface area contributed by atoms with E-state index < -0.39 is 8.32 Å². The first kappa shape index (κ1) is 7.71. The van der Waals surface area contributed by atoms with E-state index in [4.69, 9.17) is 3.48 Å². The second-order valence-corrected chi connectivity index (χ2v) is 8.18. The highest BCUT2D eigenvalue weighted by Gasteiger charge is 2.13. The van der Waals surface area contributed by atoms with Crippen LogP contribution in [0.4, 0.5) is 0 Å². The van der Waals surface area contributed by atoms with Gasteiger partial charge in [-0.2, -0.15) is 0 Å². The van der Waals surface area contributed by atoms with Crippen LogP contribution in [-0.2, 0) is 3.48 Å². The quantitative estimate of drug-likeness (QED) is 0.504.